The van der Waals surface area contributed by atoms with E-state index in [9.17, 15) is 9.59 Å². The van der Waals surface area contributed by atoms with Crippen LogP contribution in [0.4, 0.5) is 0 Å². The molecule has 7 heteroatoms. The van der Waals surface area contributed by atoms with E-state index in [1.165, 1.54) is 21.7 Å². The van der Waals surface area contributed by atoms with Gasteiger partial charge in [-0.3, -0.25) is 4.79 Å². The van der Waals surface area contributed by atoms with Crippen LogP contribution in [0.5, 0.6) is 0 Å². The van der Waals surface area contributed by atoms with Crippen molar-refractivity contribution in [3.8, 4) is 0 Å². The van der Waals surface area contributed by atoms with Crippen LogP contribution in [-0.4, -0.2) is 49.6 Å². The fourth-order valence-electron chi connectivity index (χ4n) is 3.81. The number of piperidine rings is 1. The molecular formula is C21H30N3O3S+. The highest BCUT2D eigenvalue weighted by molar-refractivity contribution is 7.18. The molecule has 0 unspecified atom stereocenters. The monoisotopic (exact) mass is 404 g/mol. The topological polar surface area (TPSA) is 72.7 Å². The number of quaternary nitrogens is 1. The number of hydrogen-bond acceptors (Lipinski definition) is 5. The number of esters is 1. The van der Waals surface area contributed by atoms with E-state index in [2.05, 4.69) is 23.5 Å². The molecule has 1 amide bonds. The zero-order valence-electron chi connectivity index (χ0n) is 16.9. The first-order valence-electron chi connectivity index (χ1n) is 10.0. The first kappa shape index (κ1) is 20.7. The largest absolute Gasteiger partial charge is 0.467 e. The molecule has 1 atom stereocenters. The molecule has 28 heavy (non-hydrogen) atoms. The van der Waals surface area contributed by atoms with Gasteiger partial charge < -0.3 is 15.0 Å². The number of para-hydroxylation sites is 1. The molecule has 1 aliphatic heterocycles. The van der Waals surface area contributed by atoms with Gasteiger partial charge in [-0.2, -0.15) is 0 Å². The third kappa shape index (κ3) is 5.29. The van der Waals surface area contributed by atoms with Crippen LogP contribution >= 0.6 is 11.3 Å². The summed E-state index contributed by atoms with van der Waals surface area (Å²) in [7, 11) is 1.36. The lowest BCUT2D eigenvalue weighted by atomic mass is 9.97. The number of nitrogens with one attached hydrogen (secondary N) is 2. The number of carbonyl (C=O) groups excluding carboxylic acids is 2. The number of fused-ring (bicyclic) bond motifs is 1. The van der Waals surface area contributed by atoms with E-state index < -0.39 is 6.04 Å². The number of aromatic nitrogens is 1. The Morgan fingerprint density at radius 2 is 2.00 bits per heavy atom. The van der Waals surface area contributed by atoms with Gasteiger partial charge in [0.15, 0.2) is 6.54 Å². The van der Waals surface area contributed by atoms with Gasteiger partial charge in [-0.15, -0.1) is 11.3 Å². The summed E-state index contributed by atoms with van der Waals surface area (Å²) in [6.07, 6.45) is 2.66. The maximum Gasteiger partial charge on any atom is 0.328 e. The molecule has 0 aliphatic carbocycles. The highest BCUT2D eigenvalue weighted by atomic mass is 32.1. The normalized spacial score (nSPS) is 20.9. The predicted molar refractivity (Wildman–Crippen MR) is 111 cm³/mol. The van der Waals surface area contributed by atoms with Gasteiger partial charge in [0.2, 0.25) is 0 Å². The molecule has 0 radical (unpaired) electrons. The standard InChI is InChI=1S/C21H29N3O3S/c1-14(2)12-17(21(26)27-3)22-19(25)13-24-10-8-15(9-11-24)20-23-16-6-4-5-7-18(16)28-20/h4-7,14-15,17H,8-13H2,1-3H3,(H,22,25)/p+1/t17-/m1/s1. The van der Waals surface area contributed by atoms with Gasteiger partial charge in [0.1, 0.15) is 6.04 Å². The zero-order valence-corrected chi connectivity index (χ0v) is 17.7. The fourth-order valence-corrected chi connectivity index (χ4v) is 4.95. The number of likely N-dealkylation sites (tertiary alicyclic amines) is 1. The van der Waals surface area contributed by atoms with Gasteiger partial charge in [0.05, 0.1) is 35.4 Å². The second kappa shape index (κ2) is 9.47. The molecule has 1 fully saturated rings. The van der Waals surface area contributed by atoms with Crippen LogP contribution < -0.4 is 10.2 Å². The third-order valence-electron chi connectivity index (χ3n) is 5.29. The number of nitrogens with zero attached hydrogens (tertiary/aromatic N) is 1. The lowest BCUT2D eigenvalue weighted by molar-refractivity contribution is -0.897. The average molecular weight is 405 g/mol. The molecule has 0 spiro atoms. The van der Waals surface area contributed by atoms with Crippen molar-refractivity contribution in [2.75, 3.05) is 26.7 Å². The molecular weight excluding hydrogens is 374 g/mol. The van der Waals surface area contributed by atoms with Gasteiger partial charge in [0.25, 0.3) is 5.91 Å². The van der Waals surface area contributed by atoms with Crippen molar-refractivity contribution in [3.05, 3.63) is 29.3 Å². The number of carbonyl (C=O) groups is 2. The van der Waals surface area contributed by atoms with Crippen molar-refractivity contribution in [3.63, 3.8) is 0 Å². The van der Waals surface area contributed by atoms with Crippen LogP contribution in [0.15, 0.2) is 24.3 Å². The number of ether oxygens (including phenoxy) is 1. The van der Waals surface area contributed by atoms with Crippen LogP contribution in [0, 0.1) is 5.92 Å². The van der Waals surface area contributed by atoms with E-state index >= 15 is 0 Å². The van der Waals surface area contributed by atoms with E-state index in [4.69, 9.17) is 9.72 Å². The quantitative estimate of drug-likeness (QED) is 0.690. The van der Waals surface area contributed by atoms with E-state index in [0.29, 0.717) is 24.8 Å². The lowest BCUT2D eigenvalue weighted by Crippen LogP contribution is -3.14. The molecule has 2 heterocycles. The van der Waals surface area contributed by atoms with Gasteiger partial charge in [-0.1, -0.05) is 26.0 Å². The Morgan fingerprint density at radius 1 is 1.29 bits per heavy atom. The molecule has 152 valence electrons. The maximum absolute atomic E-state index is 12.4. The van der Waals surface area contributed by atoms with Crippen LogP contribution in [-0.2, 0) is 14.3 Å². The maximum atomic E-state index is 12.4. The predicted octanol–water partition coefficient (Wildman–Crippen LogP) is 1.76. The van der Waals surface area contributed by atoms with Gasteiger partial charge in [0, 0.05) is 18.8 Å². The van der Waals surface area contributed by atoms with E-state index in [1.807, 2.05) is 19.9 Å². The second-order valence-corrected chi connectivity index (χ2v) is 9.06. The smallest absolute Gasteiger partial charge is 0.328 e. The van der Waals surface area contributed by atoms with Gasteiger partial charge in [-0.25, -0.2) is 9.78 Å². The van der Waals surface area contributed by atoms with Crippen LogP contribution in [0.1, 0.15) is 44.0 Å². The first-order chi connectivity index (χ1) is 13.5. The number of amides is 1. The first-order valence-corrected chi connectivity index (χ1v) is 10.8. The Balaban J connectivity index is 1.50. The molecule has 1 saturated heterocycles. The SMILES string of the molecule is COC(=O)[C@@H](CC(C)C)NC(=O)C[NH+]1CCC(c2nc3ccccc3s2)CC1. The van der Waals surface area contributed by atoms with Crippen molar-refractivity contribution in [2.24, 2.45) is 5.92 Å². The highest BCUT2D eigenvalue weighted by Crippen LogP contribution is 2.31. The minimum Gasteiger partial charge on any atom is -0.467 e. The summed E-state index contributed by atoms with van der Waals surface area (Å²) in [6, 6.07) is 7.71. The minimum atomic E-state index is -0.558. The van der Waals surface area contributed by atoms with Crippen molar-refractivity contribution < 1.29 is 19.2 Å². The summed E-state index contributed by atoms with van der Waals surface area (Å²) in [5.74, 6) is 0.338. The zero-order chi connectivity index (χ0) is 20.1. The minimum absolute atomic E-state index is 0.0792. The Morgan fingerprint density at radius 3 is 2.64 bits per heavy atom. The average Bonchev–Trinajstić information content (AvgIpc) is 3.11. The highest BCUT2D eigenvalue weighted by Gasteiger charge is 2.29. The van der Waals surface area contributed by atoms with Crippen LogP contribution in [0.25, 0.3) is 10.2 Å². The lowest BCUT2D eigenvalue weighted by Gasteiger charge is -2.28. The number of hydrogen-bond donors (Lipinski definition) is 2. The van der Waals surface area contributed by atoms with Crippen LogP contribution in [0.2, 0.25) is 0 Å². The number of benzene rings is 1. The summed E-state index contributed by atoms with van der Waals surface area (Å²) in [5, 5.41) is 4.08. The molecule has 0 bridgehead atoms. The van der Waals surface area contributed by atoms with Crippen LogP contribution in [0.3, 0.4) is 0 Å². The molecule has 3 rings (SSSR count). The van der Waals surface area contributed by atoms with Crippen molar-refractivity contribution in [1.82, 2.24) is 10.3 Å². The summed E-state index contributed by atoms with van der Waals surface area (Å²) in [6.45, 7) is 6.35. The number of thiazole rings is 1. The molecule has 1 aliphatic rings. The Kier molecular flexibility index (Phi) is 7.02. The molecule has 6 nitrogen and oxygen atoms in total. The molecule has 2 aromatic rings. The molecule has 0 saturated carbocycles. The fraction of sp³-hybridized carbons (Fsp3) is 0.571. The van der Waals surface area contributed by atoms with Crippen molar-refractivity contribution in [2.45, 2.75) is 45.1 Å². The summed E-state index contributed by atoms with van der Waals surface area (Å²) in [5.41, 5.74) is 1.08. The van der Waals surface area contributed by atoms with E-state index in [1.54, 1.807) is 11.3 Å². The number of rotatable bonds is 7. The van der Waals surface area contributed by atoms with Crippen molar-refractivity contribution >= 4 is 33.4 Å². The second-order valence-electron chi connectivity index (χ2n) is 7.99. The molecule has 1 aromatic carbocycles. The Hall–Kier alpha value is -1.99. The third-order valence-corrected chi connectivity index (χ3v) is 6.49. The van der Waals surface area contributed by atoms with Gasteiger partial charge >= 0.3 is 5.97 Å². The summed E-state index contributed by atoms with van der Waals surface area (Å²) < 4.78 is 6.07. The van der Waals surface area contributed by atoms with Gasteiger partial charge in [-0.05, 0) is 24.5 Å². The summed E-state index contributed by atoms with van der Waals surface area (Å²) >= 11 is 1.79. The van der Waals surface area contributed by atoms with E-state index in [0.717, 1.165) is 31.4 Å². The Labute approximate surface area is 170 Å². The molecule has 1 aromatic heterocycles. The van der Waals surface area contributed by atoms with E-state index in [-0.39, 0.29) is 11.9 Å². The summed E-state index contributed by atoms with van der Waals surface area (Å²) in [4.78, 5) is 30.4. The van der Waals surface area contributed by atoms with Crippen molar-refractivity contribution in [1.29, 1.82) is 0 Å². The molecule has 2 N–H and O–H groups in total. The number of methoxy groups -OCH3 is 1. The Bertz CT molecular complexity index is 779.